The van der Waals surface area contributed by atoms with Gasteiger partial charge in [-0.2, -0.15) is 13.2 Å². The van der Waals surface area contributed by atoms with Crippen molar-refractivity contribution >= 4 is 21.6 Å². The van der Waals surface area contributed by atoms with Crippen molar-refractivity contribution in [3.05, 3.63) is 40.8 Å². The van der Waals surface area contributed by atoms with Crippen LogP contribution in [0.25, 0.3) is 11.3 Å². The van der Waals surface area contributed by atoms with Crippen LogP contribution in [-0.4, -0.2) is 9.97 Å². The zero-order chi connectivity index (χ0) is 15.3. The molecule has 0 aliphatic heterocycles. The molecule has 0 amide bonds. The van der Waals surface area contributed by atoms with Gasteiger partial charge >= 0.3 is 6.18 Å². The SMILES string of the molecule is CC.Nc1ccc(C(F)(F)F)cc1-c1cnc(Br)cn1. The summed E-state index contributed by atoms with van der Waals surface area (Å²) < 4.78 is 38.3. The van der Waals surface area contributed by atoms with E-state index in [2.05, 4.69) is 25.9 Å². The highest BCUT2D eigenvalue weighted by Crippen LogP contribution is 2.34. The van der Waals surface area contributed by atoms with Gasteiger partial charge in [0.2, 0.25) is 0 Å². The first-order chi connectivity index (χ1) is 9.38. The zero-order valence-corrected chi connectivity index (χ0v) is 12.5. The van der Waals surface area contributed by atoms with Crippen molar-refractivity contribution in [3.63, 3.8) is 0 Å². The topological polar surface area (TPSA) is 51.8 Å². The van der Waals surface area contributed by atoms with E-state index in [1.807, 2.05) is 13.8 Å². The fourth-order valence-electron chi connectivity index (χ4n) is 1.41. The summed E-state index contributed by atoms with van der Waals surface area (Å²) in [5.41, 5.74) is 5.62. The zero-order valence-electron chi connectivity index (χ0n) is 10.9. The van der Waals surface area contributed by atoms with Crippen molar-refractivity contribution in [2.75, 3.05) is 5.73 Å². The number of nitrogen functional groups attached to an aromatic ring is 1. The number of alkyl halides is 3. The third kappa shape index (κ3) is 3.93. The summed E-state index contributed by atoms with van der Waals surface area (Å²) in [6.07, 6.45) is -1.66. The van der Waals surface area contributed by atoms with Crippen molar-refractivity contribution in [1.82, 2.24) is 9.97 Å². The van der Waals surface area contributed by atoms with E-state index >= 15 is 0 Å². The number of hydrogen-bond acceptors (Lipinski definition) is 3. The maximum Gasteiger partial charge on any atom is 0.416 e. The Morgan fingerprint density at radius 1 is 1.10 bits per heavy atom. The molecule has 1 heterocycles. The summed E-state index contributed by atoms with van der Waals surface area (Å²) in [6.45, 7) is 4.00. The second-order valence-corrected chi connectivity index (χ2v) is 4.34. The Hall–Kier alpha value is -1.63. The van der Waals surface area contributed by atoms with Gasteiger partial charge in [-0.15, -0.1) is 0 Å². The number of nitrogens with two attached hydrogens (primary N) is 1. The van der Waals surface area contributed by atoms with E-state index in [4.69, 9.17) is 5.73 Å². The average molecular weight is 348 g/mol. The lowest BCUT2D eigenvalue weighted by molar-refractivity contribution is -0.137. The van der Waals surface area contributed by atoms with Crippen LogP contribution in [0.3, 0.4) is 0 Å². The fourth-order valence-corrected chi connectivity index (χ4v) is 1.61. The Balaban J connectivity index is 0.000000956. The number of benzene rings is 1. The van der Waals surface area contributed by atoms with Crippen LogP contribution >= 0.6 is 15.9 Å². The molecule has 7 heteroatoms. The van der Waals surface area contributed by atoms with Crippen molar-refractivity contribution in [2.24, 2.45) is 0 Å². The van der Waals surface area contributed by atoms with E-state index in [-0.39, 0.29) is 11.3 Å². The van der Waals surface area contributed by atoms with Crippen LogP contribution in [-0.2, 0) is 6.18 Å². The molecule has 0 saturated heterocycles. The van der Waals surface area contributed by atoms with Gasteiger partial charge in [0.15, 0.2) is 0 Å². The summed E-state index contributed by atoms with van der Waals surface area (Å²) in [7, 11) is 0. The van der Waals surface area contributed by atoms with Crippen LogP contribution in [0.1, 0.15) is 19.4 Å². The molecular formula is C13H13BrF3N3. The Kier molecular flexibility index (Phi) is 5.50. The molecule has 0 bridgehead atoms. The molecule has 3 nitrogen and oxygen atoms in total. The highest BCUT2D eigenvalue weighted by atomic mass is 79.9. The number of hydrogen-bond donors (Lipinski definition) is 1. The Morgan fingerprint density at radius 3 is 2.25 bits per heavy atom. The molecule has 0 aliphatic rings. The first-order valence-electron chi connectivity index (χ1n) is 5.82. The van der Waals surface area contributed by atoms with Crippen LogP contribution in [0.4, 0.5) is 18.9 Å². The molecular weight excluding hydrogens is 335 g/mol. The Bertz CT molecular complexity index is 568. The summed E-state index contributed by atoms with van der Waals surface area (Å²) >= 11 is 3.10. The third-order valence-corrected chi connectivity index (χ3v) is 2.69. The lowest BCUT2D eigenvalue weighted by atomic mass is 10.1. The highest BCUT2D eigenvalue weighted by molar-refractivity contribution is 9.10. The molecule has 2 aromatic rings. The second-order valence-electron chi connectivity index (χ2n) is 3.52. The van der Waals surface area contributed by atoms with Crippen LogP contribution in [0.15, 0.2) is 35.2 Å². The molecule has 1 aromatic heterocycles. The molecule has 2 rings (SSSR count). The number of anilines is 1. The molecule has 0 unspecified atom stereocenters. The van der Waals surface area contributed by atoms with Gasteiger partial charge in [0.05, 0.1) is 23.7 Å². The molecule has 20 heavy (non-hydrogen) atoms. The Morgan fingerprint density at radius 2 is 1.75 bits per heavy atom. The lowest BCUT2D eigenvalue weighted by Crippen LogP contribution is -2.06. The van der Waals surface area contributed by atoms with Crippen molar-refractivity contribution in [1.29, 1.82) is 0 Å². The standard InChI is InChI=1S/C11H7BrF3N3.C2H6/c12-10-5-17-9(4-18-10)7-3-6(11(13,14)15)1-2-8(7)16;1-2/h1-5H,16H2;1-2H3. The van der Waals surface area contributed by atoms with Gasteiger partial charge in [0, 0.05) is 11.3 Å². The maximum absolute atomic E-state index is 12.6. The number of nitrogens with zero attached hydrogens (tertiary/aromatic N) is 2. The van der Waals surface area contributed by atoms with Gasteiger partial charge in [0.25, 0.3) is 0 Å². The molecule has 0 fully saturated rings. The molecule has 108 valence electrons. The smallest absolute Gasteiger partial charge is 0.398 e. The maximum atomic E-state index is 12.6. The number of aromatic nitrogens is 2. The van der Waals surface area contributed by atoms with E-state index in [1.165, 1.54) is 18.5 Å². The summed E-state index contributed by atoms with van der Waals surface area (Å²) in [4.78, 5) is 7.88. The fraction of sp³-hybridized carbons (Fsp3) is 0.231. The third-order valence-electron chi connectivity index (χ3n) is 2.28. The van der Waals surface area contributed by atoms with Gasteiger partial charge in [-0.3, -0.25) is 4.98 Å². The van der Waals surface area contributed by atoms with E-state index in [9.17, 15) is 13.2 Å². The monoisotopic (exact) mass is 347 g/mol. The van der Waals surface area contributed by atoms with Crippen molar-refractivity contribution in [2.45, 2.75) is 20.0 Å². The van der Waals surface area contributed by atoms with E-state index in [1.54, 1.807) is 0 Å². The van der Waals surface area contributed by atoms with Crippen LogP contribution in [0, 0.1) is 0 Å². The first-order valence-corrected chi connectivity index (χ1v) is 6.62. The van der Waals surface area contributed by atoms with Crippen LogP contribution in [0.2, 0.25) is 0 Å². The highest BCUT2D eigenvalue weighted by Gasteiger charge is 2.31. The normalized spacial score (nSPS) is 10.7. The molecule has 0 saturated carbocycles. The van der Waals surface area contributed by atoms with E-state index in [0.717, 1.165) is 12.1 Å². The quantitative estimate of drug-likeness (QED) is 0.770. The molecule has 0 radical (unpaired) electrons. The van der Waals surface area contributed by atoms with Gasteiger partial charge < -0.3 is 5.73 Å². The predicted molar refractivity (Wildman–Crippen MR) is 75.9 cm³/mol. The minimum atomic E-state index is -4.41. The molecule has 1 aromatic carbocycles. The Labute approximate surface area is 123 Å². The van der Waals surface area contributed by atoms with Crippen LogP contribution < -0.4 is 5.73 Å². The van der Waals surface area contributed by atoms with Crippen LogP contribution in [0.5, 0.6) is 0 Å². The summed E-state index contributed by atoms with van der Waals surface area (Å²) in [5.74, 6) is 0. The lowest BCUT2D eigenvalue weighted by Gasteiger charge is -2.10. The van der Waals surface area contributed by atoms with Gasteiger partial charge in [0.1, 0.15) is 4.60 Å². The summed E-state index contributed by atoms with van der Waals surface area (Å²) in [6, 6.07) is 3.11. The van der Waals surface area contributed by atoms with Gasteiger partial charge in [-0.25, -0.2) is 4.98 Å². The van der Waals surface area contributed by atoms with Gasteiger partial charge in [-0.1, -0.05) is 13.8 Å². The minimum Gasteiger partial charge on any atom is -0.398 e. The molecule has 0 atom stereocenters. The van der Waals surface area contributed by atoms with Crippen molar-refractivity contribution < 1.29 is 13.2 Å². The predicted octanol–water partition coefficient (Wildman–Crippen LogP) is 4.53. The van der Waals surface area contributed by atoms with E-state index in [0.29, 0.717) is 10.3 Å². The number of rotatable bonds is 1. The number of halogens is 4. The minimum absolute atomic E-state index is 0.213. The molecule has 2 N–H and O–H groups in total. The van der Waals surface area contributed by atoms with Gasteiger partial charge in [-0.05, 0) is 34.1 Å². The average Bonchev–Trinajstić information content (AvgIpc) is 2.41. The molecule has 0 spiro atoms. The molecule has 0 aliphatic carbocycles. The largest absolute Gasteiger partial charge is 0.416 e. The summed E-state index contributed by atoms with van der Waals surface area (Å²) in [5, 5.41) is 0. The van der Waals surface area contributed by atoms with E-state index < -0.39 is 11.7 Å². The van der Waals surface area contributed by atoms with Crippen molar-refractivity contribution in [3.8, 4) is 11.3 Å². The first kappa shape index (κ1) is 16.4. The second kappa shape index (κ2) is 6.69.